The molecular formula is C19H22F3N3O3. The van der Waals surface area contributed by atoms with Gasteiger partial charge in [0.25, 0.3) is 5.91 Å². The summed E-state index contributed by atoms with van der Waals surface area (Å²) in [4.78, 5) is 40.6. The number of amides is 3. The Morgan fingerprint density at radius 2 is 1.71 bits per heavy atom. The minimum absolute atomic E-state index is 0.121. The van der Waals surface area contributed by atoms with E-state index >= 15 is 0 Å². The van der Waals surface area contributed by atoms with Crippen LogP contribution >= 0.6 is 0 Å². The highest BCUT2D eigenvalue weighted by molar-refractivity contribution is 5.96. The molecule has 0 aromatic heterocycles. The predicted octanol–water partition coefficient (Wildman–Crippen LogP) is 2.02. The normalized spacial score (nSPS) is 15.0. The second-order valence-corrected chi connectivity index (χ2v) is 6.47. The molecule has 2 rings (SSSR count). The first-order valence-corrected chi connectivity index (χ1v) is 8.76. The monoisotopic (exact) mass is 397 g/mol. The molecule has 1 saturated heterocycles. The fraction of sp³-hybridized carbons (Fsp3) is 0.421. The zero-order valence-corrected chi connectivity index (χ0v) is 15.5. The van der Waals surface area contributed by atoms with E-state index in [0.717, 1.165) is 18.2 Å². The number of rotatable bonds is 4. The third kappa shape index (κ3) is 5.11. The van der Waals surface area contributed by atoms with Crippen molar-refractivity contribution in [2.75, 3.05) is 39.8 Å². The summed E-state index contributed by atoms with van der Waals surface area (Å²) in [6.07, 6.45) is -3.08. The number of alkyl halides is 3. The third-order valence-electron chi connectivity index (χ3n) is 4.52. The smallest absolute Gasteiger partial charge is 0.339 e. The van der Waals surface area contributed by atoms with Crippen molar-refractivity contribution in [3.8, 4) is 0 Å². The van der Waals surface area contributed by atoms with E-state index in [1.54, 1.807) is 0 Å². The molecule has 0 atom stereocenters. The molecular weight excluding hydrogens is 375 g/mol. The Bertz CT molecular complexity index is 764. The van der Waals surface area contributed by atoms with Gasteiger partial charge in [-0.05, 0) is 24.6 Å². The minimum atomic E-state index is -4.62. The molecule has 1 fully saturated rings. The molecule has 1 aromatic rings. The fourth-order valence-electron chi connectivity index (χ4n) is 2.99. The SMILES string of the molecule is C=CC(=O)N(C)CC(=O)N1CCCN(C(=O)c2ccccc2C(F)(F)F)CC1. The lowest BCUT2D eigenvalue weighted by molar-refractivity contribution is -0.138. The number of carbonyl (C=O) groups excluding carboxylic acids is 3. The number of halogens is 3. The molecule has 0 aliphatic carbocycles. The van der Waals surface area contributed by atoms with Crippen LogP contribution in [0.15, 0.2) is 36.9 Å². The minimum Gasteiger partial charge on any atom is -0.339 e. The van der Waals surface area contributed by atoms with Crippen molar-refractivity contribution in [1.82, 2.24) is 14.7 Å². The highest BCUT2D eigenvalue weighted by Crippen LogP contribution is 2.32. The number of hydrogen-bond acceptors (Lipinski definition) is 3. The van der Waals surface area contributed by atoms with E-state index in [1.165, 1.54) is 33.9 Å². The van der Waals surface area contributed by atoms with Crippen LogP contribution in [-0.4, -0.2) is 72.2 Å². The van der Waals surface area contributed by atoms with Crippen molar-refractivity contribution in [2.45, 2.75) is 12.6 Å². The van der Waals surface area contributed by atoms with Crippen molar-refractivity contribution in [3.63, 3.8) is 0 Å². The molecule has 0 bridgehead atoms. The molecule has 1 aromatic carbocycles. The number of carbonyl (C=O) groups is 3. The highest BCUT2D eigenvalue weighted by atomic mass is 19.4. The molecule has 28 heavy (non-hydrogen) atoms. The topological polar surface area (TPSA) is 60.9 Å². The van der Waals surface area contributed by atoms with E-state index in [9.17, 15) is 27.6 Å². The number of benzene rings is 1. The first-order chi connectivity index (χ1) is 13.1. The van der Waals surface area contributed by atoms with Crippen LogP contribution in [0.5, 0.6) is 0 Å². The maximum atomic E-state index is 13.2. The zero-order chi connectivity index (χ0) is 20.9. The van der Waals surface area contributed by atoms with Crippen LogP contribution in [0, 0.1) is 0 Å². The van der Waals surface area contributed by atoms with Crippen LogP contribution in [0.2, 0.25) is 0 Å². The van der Waals surface area contributed by atoms with Crippen LogP contribution in [-0.2, 0) is 15.8 Å². The predicted molar refractivity (Wildman–Crippen MR) is 96.4 cm³/mol. The maximum Gasteiger partial charge on any atom is 0.417 e. The summed E-state index contributed by atoms with van der Waals surface area (Å²) in [5.41, 5.74) is -1.37. The zero-order valence-electron chi connectivity index (χ0n) is 15.5. The lowest BCUT2D eigenvalue weighted by Gasteiger charge is -2.25. The van der Waals surface area contributed by atoms with Gasteiger partial charge in [-0.25, -0.2) is 0 Å². The second kappa shape index (κ2) is 8.90. The van der Waals surface area contributed by atoms with Crippen molar-refractivity contribution < 1.29 is 27.6 Å². The van der Waals surface area contributed by atoms with Crippen molar-refractivity contribution in [1.29, 1.82) is 0 Å². The molecule has 6 nitrogen and oxygen atoms in total. The lowest BCUT2D eigenvalue weighted by atomic mass is 10.1. The van der Waals surface area contributed by atoms with Crippen LogP contribution < -0.4 is 0 Å². The van der Waals surface area contributed by atoms with E-state index in [2.05, 4.69) is 6.58 Å². The van der Waals surface area contributed by atoms with Gasteiger partial charge in [0.1, 0.15) is 0 Å². The van der Waals surface area contributed by atoms with Gasteiger partial charge in [-0.3, -0.25) is 14.4 Å². The summed E-state index contributed by atoms with van der Waals surface area (Å²) in [5, 5.41) is 0. The molecule has 9 heteroatoms. The van der Waals surface area contributed by atoms with Crippen LogP contribution in [0.3, 0.4) is 0 Å². The first kappa shape index (κ1) is 21.5. The van der Waals surface area contributed by atoms with E-state index in [-0.39, 0.29) is 38.0 Å². The van der Waals surface area contributed by atoms with Gasteiger partial charge < -0.3 is 14.7 Å². The summed E-state index contributed by atoms with van der Waals surface area (Å²) in [6, 6.07) is 4.67. The Hall–Kier alpha value is -2.84. The summed E-state index contributed by atoms with van der Waals surface area (Å²) >= 11 is 0. The average Bonchev–Trinajstić information content (AvgIpc) is 2.92. The molecule has 3 amide bonds. The Labute approximate surface area is 161 Å². The lowest BCUT2D eigenvalue weighted by Crippen LogP contribution is -2.42. The Morgan fingerprint density at radius 3 is 2.36 bits per heavy atom. The molecule has 1 aliphatic heterocycles. The summed E-state index contributed by atoms with van der Waals surface area (Å²) in [6.45, 7) is 4.15. The molecule has 0 N–H and O–H groups in total. The Kier molecular flexibility index (Phi) is 6.82. The Balaban J connectivity index is 2.06. The van der Waals surface area contributed by atoms with Gasteiger partial charge in [-0.15, -0.1) is 0 Å². The fourth-order valence-corrected chi connectivity index (χ4v) is 2.99. The number of nitrogens with zero attached hydrogens (tertiary/aromatic N) is 3. The molecule has 1 heterocycles. The summed E-state index contributed by atoms with van der Waals surface area (Å²) in [5.74, 6) is -1.38. The van der Waals surface area contributed by atoms with Gasteiger partial charge in [0, 0.05) is 33.2 Å². The third-order valence-corrected chi connectivity index (χ3v) is 4.52. The van der Waals surface area contributed by atoms with Crippen LogP contribution in [0.1, 0.15) is 22.3 Å². The quantitative estimate of drug-likeness (QED) is 0.731. The van der Waals surface area contributed by atoms with Gasteiger partial charge >= 0.3 is 6.18 Å². The largest absolute Gasteiger partial charge is 0.417 e. The molecule has 0 saturated carbocycles. The summed E-state index contributed by atoms with van der Waals surface area (Å²) in [7, 11) is 1.48. The second-order valence-electron chi connectivity index (χ2n) is 6.47. The van der Waals surface area contributed by atoms with Gasteiger partial charge in [0.15, 0.2) is 0 Å². The van der Waals surface area contributed by atoms with Gasteiger partial charge in [0.2, 0.25) is 11.8 Å². The van der Waals surface area contributed by atoms with E-state index in [4.69, 9.17) is 0 Å². The van der Waals surface area contributed by atoms with Gasteiger partial charge in [0.05, 0.1) is 17.7 Å². The standard InChI is InChI=1S/C19H22F3N3O3/c1-3-16(26)23(2)13-17(27)24-9-6-10-25(12-11-24)18(28)14-7-4-5-8-15(14)19(20,21)22/h3-5,7-8H,1,6,9-13H2,2H3. The van der Waals surface area contributed by atoms with E-state index < -0.39 is 23.2 Å². The van der Waals surface area contributed by atoms with E-state index in [1.807, 2.05) is 0 Å². The Morgan fingerprint density at radius 1 is 1.11 bits per heavy atom. The van der Waals surface area contributed by atoms with Crippen molar-refractivity contribution in [2.24, 2.45) is 0 Å². The maximum absolute atomic E-state index is 13.2. The average molecular weight is 397 g/mol. The first-order valence-electron chi connectivity index (χ1n) is 8.76. The molecule has 1 aliphatic rings. The number of hydrogen-bond donors (Lipinski definition) is 0. The van der Waals surface area contributed by atoms with E-state index in [0.29, 0.717) is 13.0 Å². The molecule has 152 valence electrons. The molecule has 0 spiro atoms. The van der Waals surface area contributed by atoms with Crippen molar-refractivity contribution in [3.05, 3.63) is 48.0 Å². The molecule has 0 radical (unpaired) electrons. The molecule has 0 unspecified atom stereocenters. The van der Waals surface area contributed by atoms with Gasteiger partial charge in [-0.2, -0.15) is 13.2 Å². The van der Waals surface area contributed by atoms with Crippen LogP contribution in [0.4, 0.5) is 13.2 Å². The number of likely N-dealkylation sites (N-methyl/N-ethyl adjacent to an activating group) is 1. The van der Waals surface area contributed by atoms with Crippen LogP contribution in [0.25, 0.3) is 0 Å². The van der Waals surface area contributed by atoms with Crippen molar-refractivity contribution >= 4 is 17.7 Å². The van der Waals surface area contributed by atoms with Gasteiger partial charge in [-0.1, -0.05) is 18.7 Å². The summed E-state index contributed by atoms with van der Waals surface area (Å²) < 4.78 is 39.5. The highest BCUT2D eigenvalue weighted by Gasteiger charge is 2.36.